The van der Waals surface area contributed by atoms with Crippen LogP contribution in [0.4, 0.5) is 0 Å². The van der Waals surface area contributed by atoms with Gasteiger partial charge in [0.05, 0.1) is 13.0 Å². The lowest BCUT2D eigenvalue weighted by molar-refractivity contribution is -0.157. The van der Waals surface area contributed by atoms with Gasteiger partial charge in [-0.1, -0.05) is 74.5 Å². The maximum absolute atomic E-state index is 13.5. The fraction of sp³-hybridized carbons (Fsp3) is 0.375. The van der Waals surface area contributed by atoms with Crippen LogP contribution >= 0.6 is 0 Å². The van der Waals surface area contributed by atoms with E-state index in [2.05, 4.69) is 29.2 Å². The number of carbonyl (C=O) groups is 3. The molecule has 2 atom stereocenters. The molecule has 0 amide bonds. The number of carbonyl (C=O) groups excluding carboxylic acids is 3. The zero-order chi connectivity index (χ0) is 28.4. The minimum absolute atomic E-state index is 0.0397. The Labute approximate surface area is 230 Å². The fourth-order valence-electron chi connectivity index (χ4n) is 4.52. The Bertz CT molecular complexity index is 1200. The summed E-state index contributed by atoms with van der Waals surface area (Å²) in [5.74, 6) is -2.14. The van der Waals surface area contributed by atoms with Gasteiger partial charge >= 0.3 is 11.9 Å². The van der Waals surface area contributed by atoms with E-state index in [1.165, 1.54) is 37.4 Å². The third-order valence-corrected chi connectivity index (χ3v) is 6.76. The molecule has 1 unspecified atom stereocenters. The molecule has 7 nitrogen and oxygen atoms in total. The van der Waals surface area contributed by atoms with Crippen molar-refractivity contribution in [2.75, 3.05) is 7.11 Å². The molecule has 1 heterocycles. The number of Topliss-reactive ketones (excluding diaryl/α,β-unsaturated/α-hetero) is 1. The van der Waals surface area contributed by atoms with E-state index >= 15 is 0 Å². The minimum atomic E-state index is -0.702. The molecule has 7 heteroatoms. The lowest BCUT2D eigenvalue weighted by Crippen LogP contribution is -2.33. The molecule has 3 rings (SSSR count). The molecule has 0 aliphatic rings. The quantitative estimate of drug-likeness (QED) is 0.200. The topological polar surface area (TPSA) is 91.8 Å². The van der Waals surface area contributed by atoms with Crippen molar-refractivity contribution in [3.05, 3.63) is 89.7 Å². The van der Waals surface area contributed by atoms with Gasteiger partial charge in [0.15, 0.2) is 17.2 Å². The molecule has 3 aromatic rings. The molecule has 0 aliphatic carbocycles. The van der Waals surface area contributed by atoms with Crippen molar-refractivity contribution in [1.29, 1.82) is 0 Å². The van der Waals surface area contributed by atoms with E-state index in [1.54, 1.807) is 0 Å². The number of nitrogens with zero attached hydrogens (tertiary/aromatic N) is 1. The van der Waals surface area contributed by atoms with Crippen LogP contribution in [0.3, 0.4) is 0 Å². The SMILES string of the molecule is COc1ccnc(C(=O)C[C@H](C(=O)OC(C)C(Cc2ccccc2)Cc2ccccc2)C(C)C)c1OC(C)=O. The van der Waals surface area contributed by atoms with Gasteiger partial charge < -0.3 is 14.2 Å². The summed E-state index contributed by atoms with van der Waals surface area (Å²) in [5.41, 5.74) is 2.28. The van der Waals surface area contributed by atoms with Gasteiger partial charge in [-0.3, -0.25) is 14.4 Å². The molecule has 0 spiro atoms. The highest BCUT2D eigenvalue weighted by atomic mass is 16.6. The lowest BCUT2D eigenvalue weighted by atomic mass is 9.87. The summed E-state index contributed by atoms with van der Waals surface area (Å²) in [5, 5.41) is 0. The van der Waals surface area contributed by atoms with E-state index in [9.17, 15) is 14.4 Å². The van der Waals surface area contributed by atoms with Gasteiger partial charge in [0.2, 0.25) is 5.75 Å². The largest absolute Gasteiger partial charge is 0.493 e. The zero-order valence-corrected chi connectivity index (χ0v) is 23.3. The predicted octanol–water partition coefficient (Wildman–Crippen LogP) is 5.89. The van der Waals surface area contributed by atoms with E-state index in [1.807, 2.05) is 57.2 Å². The van der Waals surface area contributed by atoms with Gasteiger partial charge in [-0.05, 0) is 36.8 Å². The average Bonchev–Trinajstić information content (AvgIpc) is 2.91. The molecule has 39 heavy (non-hydrogen) atoms. The summed E-state index contributed by atoms with van der Waals surface area (Å²) in [7, 11) is 1.41. The summed E-state index contributed by atoms with van der Waals surface area (Å²) in [6, 6.07) is 21.8. The fourth-order valence-corrected chi connectivity index (χ4v) is 4.52. The number of rotatable bonds is 13. The van der Waals surface area contributed by atoms with Crippen LogP contribution in [-0.4, -0.2) is 35.9 Å². The summed E-state index contributed by atoms with van der Waals surface area (Å²) >= 11 is 0. The van der Waals surface area contributed by atoms with Gasteiger partial charge in [-0.25, -0.2) is 4.98 Å². The predicted molar refractivity (Wildman–Crippen MR) is 149 cm³/mol. The molecule has 1 aromatic heterocycles. The molecule has 0 saturated carbocycles. The highest BCUT2D eigenvalue weighted by Gasteiger charge is 2.32. The monoisotopic (exact) mass is 531 g/mol. The van der Waals surface area contributed by atoms with Crippen molar-refractivity contribution in [2.24, 2.45) is 17.8 Å². The average molecular weight is 532 g/mol. The smallest absolute Gasteiger partial charge is 0.309 e. The maximum atomic E-state index is 13.5. The Morgan fingerprint density at radius 3 is 1.90 bits per heavy atom. The summed E-state index contributed by atoms with van der Waals surface area (Å²) in [6.07, 6.45) is 2.37. The van der Waals surface area contributed by atoms with E-state index in [0.29, 0.717) is 0 Å². The highest BCUT2D eigenvalue weighted by molar-refractivity contribution is 6.00. The van der Waals surface area contributed by atoms with Crippen molar-refractivity contribution in [2.45, 2.75) is 53.1 Å². The van der Waals surface area contributed by atoms with Crippen LogP contribution in [0.25, 0.3) is 0 Å². The minimum Gasteiger partial charge on any atom is -0.493 e. The van der Waals surface area contributed by atoms with E-state index in [4.69, 9.17) is 14.2 Å². The third kappa shape index (κ3) is 8.50. The van der Waals surface area contributed by atoms with Gasteiger partial charge in [-0.2, -0.15) is 0 Å². The number of methoxy groups -OCH3 is 1. The van der Waals surface area contributed by atoms with Crippen molar-refractivity contribution in [3.8, 4) is 11.5 Å². The molecule has 0 aliphatic heterocycles. The van der Waals surface area contributed by atoms with Crippen LogP contribution in [-0.2, 0) is 27.2 Å². The van der Waals surface area contributed by atoms with E-state index < -0.39 is 23.6 Å². The summed E-state index contributed by atoms with van der Waals surface area (Å²) in [4.78, 5) is 42.6. The molecule has 0 fully saturated rings. The Morgan fingerprint density at radius 2 is 1.41 bits per heavy atom. The first-order chi connectivity index (χ1) is 18.7. The van der Waals surface area contributed by atoms with Crippen LogP contribution in [0.1, 0.15) is 55.7 Å². The first-order valence-corrected chi connectivity index (χ1v) is 13.2. The molecular formula is C32H37NO6. The van der Waals surface area contributed by atoms with Crippen LogP contribution < -0.4 is 9.47 Å². The number of hydrogen-bond acceptors (Lipinski definition) is 7. The molecule has 0 bridgehead atoms. The number of pyridine rings is 1. The van der Waals surface area contributed by atoms with E-state index in [0.717, 1.165) is 12.8 Å². The summed E-state index contributed by atoms with van der Waals surface area (Å²) < 4.78 is 16.5. The second kappa shape index (κ2) is 14.2. The number of aromatic nitrogens is 1. The molecule has 0 saturated heterocycles. The number of esters is 2. The zero-order valence-electron chi connectivity index (χ0n) is 23.3. The van der Waals surface area contributed by atoms with Crippen molar-refractivity contribution in [3.63, 3.8) is 0 Å². The molecular weight excluding hydrogens is 494 g/mol. The number of benzene rings is 2. The third-order valence-electron chi connectivity index (χ3n) is 6.76. The Kier molecular flexibility index (Phi) is 10.8. The van der Waals surface area contributed by atoms with Crippen LogP contribution in [0.5, 0.6) is 11.5 Å². The maximum Gasteiger partial charge on any atom is 0.309 e. The Hall–Kier alpha value is -4.00. The highest BCUT2D eigenvalue weighted by Crippen LogP contribution is 2.32. The van der Waals surface area contributed by atoms with Gasteiger partial charge in [0.1, 0.15) is 6.10 Å². The standard InChI is InChI=1S/C32H37NO6/c1-21(2)27(20-28(35)30-31(39-23(4)34)29(37-5)16-17-33-30)32(36)38-22(3)26(18-24-12-8-6-9-13-24)19-25-14-10-7-11-15-25/h6-17,21-22,26-27H,18-20H2,1-5H3/t22?,27-/m0/s1. The number of ketones is 1. The molecule has 0 N–H and O–H groups in total. The molecule has 206 valence electrons. The number of hydrogen-bond donors (Lipinski definition) is 0. The van der Waals surface area contributed by atoms with Crippen LogP contribution in [0.15, 0.2) is 72.9 Å². The Morgan fingerprint density at radius 1 is 0.846 bits per heavy atom. The first-order valence-electron chi connectivity index (χ1n) is 13.2. The summed E-state index contributed by atoms with van der Waals surface area (Å²) in [6.45, 7) is 6.90. The second-order valence-corrected chi connectivity index (χ2v) is 10.0. The lowest BCUT2D eigenvalue weighted by Gasteiger charge is -2.27. The van der Waals surface area contributed by atoms with E-state index in [-0.39, 0.29) is 41.6 Å². The van der Waals surface area contributed by atoms with Crippen molar-refractivity contribution in [1.82, 2.24) is 4.98 Å². The normalized spacial score (nSPS) is 12.6. The van der Waals surface area contributed by atoms with Crippen molar-refractivity contribution < 1.29 is 28.6 Å². The molecule has 0 radical (unpaired) electrons. The van der Waals surface area contributed by atoms with Crippen molar-refractivity contribution >= 4 is 17.7 Å². The first kappa shape index (κ1) is 29.6. The van der Waals surface area contributed by atoms with Crippen LogP contribution in [0, 0.1) is 17.8 Å². The Balaban J connectivity index is 1.78. The van der Waals surface area contributed by atoms with Gasteiger partial charge in [-0.15, -0.1) is 0 Å². The van der Waals surface area contributed by atoms with Crippen LogP contribution in [0.2, 0.25) is 0 Å². The second-order valence-electron chi connectivity index (χ2n) is 10.0. The van der Waals surface area contributed by atoms with Gasteiger partial charge in [0.25, 0.3) is 0 Å². The molecule has 2 aromatic carbocycles. The van der Waals surface area contributed by atoms with Gasteiger partial charge in [0, 0.05) is 31.5 Å². The number of ether oxygens (including phenoxy) is 3.